The molecule has 1 fully saturated rings. The number of piperidine rings is 1. The van der Waals surface area contributed by atoms with Crippen molar-refractivity contribution >= 4 is 5.52 Å². The van der Waals surface area contributed by atoms with Gasteiger partial charge in [0.05, 0.1) is 11.7 Å². The number of hydrogen-bond acceptors (Lipinski definition) is 3. The lowest BCUT2D eigenvalue weighted by atomic mass is 9.98. The summed E-state index contributed by atoms with van der Waals surface area (Å²) in [4.78, 5) is 6.82. The predicted molar refractivity (Wildman–Crippen MR) is 66.3 cm³/mol. The fourth-order valence-electron chi connectivity index (χ4n) is 2.72. The molecule has 1 atom stereocenters. The van der Waals surface area contributed by atoms with Gasteiger partial charge in [-0.05, 0) is 38.6 Å². The minimum absolute atomic E-state index is 0.281. The molecule has 3 rings (SSSR count). The number of aromatic hydroxyl groups is 1. The van der Waals surface area contributed by atoms with Crippen molar-refractivity contribution in [3.63, 3.8) is 0 Å². The normalized spacial score (nSPS) is 22.1. The van der Waals surface area contributed by atoms with Gasteiger partial charge in [-0.1, -0.05) is 6.07 Å². The van der Waals surface area contributed by atoms with E-state index in [1.54, 1.807) is 6.07 Å². The van der Waals surface area contributed by atoms with E-state index >= 15 is 0 Å². The highest BCUT2D eigenvalue weighted by atomic mass is 16.3. The van der Waals surface area contributed by atoms with Crippen molar-refractivity contribution in [3.8, 4) is 5.88 Å². The number of hydrogen-bond donors (Lipinski definition) is 1. The van der Waals surface area contributed by atoms with E-state index in [2.05, 4.69) is 16.9 Å². The zero-order chi connectivity index (χ0) is 11.8. The van der Waals surface area contributed by atoms with Crippen LogP contribution in [-0.4, -0.2) is 39.5 Å². The van der Waals surface area contributed by atoms with Crippen LogP contribution in [0.3, 0.4) is 0 Å². The molecule has 0 spiro atoms. The zero-order valence-corrected chi connectivity index (χ0v) is 10.0. The summed E-state index contributed by atoms with van der Waals surface area (Å²) >= 11 is 0. The summed E-state index contributed by atoms with van der Waals surface area (Å²) in [6.45, 7) is 2.18. The lowest BCUT2D eigenvalue weighted by Crippen LogP contribution is -2.31. The van der Waals surface area contributed by atoms with Crippen molar-refractivity contribution in [1.82, 2.24) is 14.3 Å². The van der Waals surface area contributed by atoms with E-state index in [9.17, 15) is 5.11 Å². The lowest BCUT2D eigenvalue weighted by Gasteiger charge is -2.28. The quantitative estimate of drug-likeness (QED) is 0.814. The molecule has 90 valence electrons. The molecule has 0 radical (unpaired) electrons. The maximum absolute atomic E-state index is 9.95. The number of nitrogens with zero attached hydrogens (tertiary/aromatic N) is 3. The Hall–Kier alpha value is -1.55. The first-order valence-corrected chi connectivity index (χ1v) is 6.09. The molecule has 0 aromatic carbocycles. The number of pyridine rings is 1. The van der Waals surface area contributed by atoms with E-state index in [0.29, 0.717) is 5.92 Å². The Morgan fingerprint density at radius 2 is 2.29 bits per heavy atom. The summed E-state index contributed by atoms with van der Waals surface area (Å²) in [6, 6.07) is 5.54. The minimum atomic E-state index is 0.281. The molecule has 17 heavy (non-hydrogen) atoms. The smallest absolute Gasteiger partial charge is 0.197 e. The molecule has 1 unspecified atom stereocenters. The van der Waals surface area contributed by atoms with Crippen LogP contribution in [-0.2, 0) is 0 Å². The largest absolute Gasteiger partial charge is 0.494 e. The van der Waals surface area contributed by atoms with Gasteiger partial charge >= 0.3 is 0 Å². The van der Waals surface area contributed by atoms with Crippen LogP contribution in [0.2, 0.25) is 0 Å². The Morgan fingerprint density at radius 3 is 3.12 bits per heavy atom. The summed E-state index contributed by atoms with van der Waals surface area (Å²) in [5.41, 5.74) is 0.966. The first kappa shape index (κ1) is 10.6. The van der Waals surface area contributed by atoms with Gasteiger partial charge in [0.2, 0.25) is 0 Å². The summed E-state index contributed by atoms with van der Waals surface area (Å²) in [5.74, 6) is 1.69. The molecule has 1 saturated heterocycles. The standard InChI is InChI=1S/C13H17N3O/c1-15-7-3-4-10(9-15)13-14-8-11-5-2-6-12(17)16(11)13/h2,5-6,8,10,17H,3-4,7,9H2,1H3. The summed E-state index contributed by atoms with van der Waals surface area (Å²) in [6.07, 6.45) is 4.19. The van der Waals surface area contributed by atoms with E-state index < -0.39 is 0 Å². The molecular weight excluding hydrogens is 214 g/mol. The summed E-state index contributed by atoms with van der Waals surface area (Å²) in [5, 5.41) is 9.95. The topological polar surface area (TPSA) is 40.8 Å². The highest BCUT2D eigenvalue weighted by Gasteiger charge is 2.23. The van der Waals surface area contributed by atoms with E-state index in [-0.39, 0.29) is 5.88 Å². The molecular formula is C13H17N3O. The van der Waals surface area contributed by atoms with Crippen LogP contribution in [0.25, 0.3) is 5.52 Å². The van der Waals surface area contributed by atoms with E-state index in [1.807, 2.05) is 22.7 Å². The zero-order valence-electron chi connectivity index (χ0n) is 10.0. The SMILES string of the molecule is CN1CCCC(c2ncc3cccc(O)n23)C1. The van der Waals surface area contributed by atoms with Crippen LogP contribution >= 0.6 is 0 Å². The van der Waals surface area contributed by atoms with Crippen molar-refractivity contribution in [2.24, 2.45) is 0 Å². The highest BCUT2D eigenvalue weighted by molar-refractivity contribution is 5.49. The Bertz CT molecular complexity index is 534. The van der Waals surface area contributed by atoms with Gasteiger partial charge in [-0.2, -0.15) is 0 Å². The van der Waals surface area contributed by atoms with Crippen LogP contribution in [0, 0.1) is 0 Å². The van der Waals surface area contributed by atoms with Crippen LogP contribution in [0.5, 0.6) is 5.88 Å². The number of imidazole rings is 1. The summed E-state index contributed by atoms with van der Waals surface area (Å²) < 4.78 is 1.86. The Kier molecular flexibility index (Phi) is 2.52. The third-order valence-electron chi connectivity index (χ3n) is 3.55. The molecule has 3 heterocycles. The van der Waals surface area contributed by atoms with Crippen LogP contribution in [0.15, 0.2) is 24.4 Å². The molecule has 0 aliphatic carbocycles. The average Bonchev–Trinajstić information content (AvgIpc) is 2.74. The monoisotopic (exact) mass is 231 g/mol. The minimum Gasteiger partial charge on any atom is -0.494 e. The van der Waals surface area contributed by atoms with Crippen molar-refractivity contribution in [1.29, 1.82) is 0 Å². The first-order chi connectivity index (χ1) is 8.25. The number of likely N-dealkylation sites (tertiary alicyclic amines) is 1. The van der Waals surface area contributed by atoms with Crippen molar-refractivity contribution < 1.29 is 5.11 Å². The molecule has 0 amide bonds. The molecule has 1 N–H and O–H groups in total. The van der Waals surface area contributed by atoms with Crippen molar-refractivity contribution in [2.45, 2.75) is 18.8 Å². The van der Waals surface area contributed by atoms with Gasteiger partial charge in [-0.15, -0.1) is 0 Å². The fourth-order valence-corrected chi connectivity index (χ4v) is 2.72. The average molecular weight is 231 g/mol. The van der Waals surface area contributed by atoms with Gasteiger partial charge < -0.3 is 10.0 Å². The molecule has 4 nitrogen and oxygen atoms in total. The third-order valence-corrected chi connectivity index (χ3v) is 3.55. The number of aromatic nitrogens is 2. The van der Waals surface area contributed by atoms with Crippen molar-refractivity contribution in [2.75, 3.05) is 20.1 Å². The second-order valence-electron chi connectivity index (χ2n) is 4.86. The molecule has 2 aromatic heterocycles. The maximum Gasteiger partial charge on any atom is 0.197 e. The Morgan fingerprint density at radius 1 is 1.41 bits per heavy atom. The number of fused-ring (bicyclic) bond motifs is 1. The van der Waals surface area contributed by atoms with E-state index in [1.165, 1.54) is 6.42 Å². The van der Waals surface area contributed by atoms with Gasteiger partial charge in [0.25, 0.3) is 0 Å². The van der Waals surface area contributed by atoms with Gasteiger partial charge in [-0.25, -0.2) is 4.98 Å². The molecule has 2 aromatic rings. The Balaban J connectivity index is 2.05. The lowest BCUT2D eigenvalue weighted by molar-refractivity contribution is 0.244. The van der Waals surface area contributed by atoms with Crippen LogP contribution in [0.1, 0.15) is 24.6 Å². The maximum atomic E-state index is 9.95. The Labute approximate surface area is 101 Å². The summed E-state index contributed by atoms with van der Waals surface area (Å²) in [7, 11) is 2.14. The molecule has 1 aliphatic rings. The van der Waals surface area contributed by atoms with Crippen LogP contribution in [0.4, 0.5) is 0 Å². The van der Waals surface area contributed by atoms with E-state index in [0.717, 1.165) is 30.9 Å². The first-order valence-electron chi connectivity index (χ1n) is 6.09. The second kappa shape index (κ2) is 4.04. The molecule has 0 saturated carbocycles. The van der Waals surface area contributed by atoms with E-state index in [4.69, 9.17) is 0 Å². The second-order valence-corrected chi connectivity index (χ2v) is 4.86. The molecule has 4 heteroatoms. The van der Waals surface area contributed by atoms with Gasteiger partial charge in [0, 0.05) is 12.5 Å². The predicted octanol–water partition coefficient (Wildman–Crippen LogP) is 1.85. The van der Waals surface area contributed by atoms with Gasteiger partial charge in [0.1, 0.15) is 5.82 Å². The van der Waals surface area contributed by atoms with Gasteiger partial charge in [0.15, 0.2) is 5.88 Å². The number of rotatable bonds is 1. The number of likely N-dealkylation sites (N-methyl/N-ethyl adjacent to an activating group) is 1. The van der Waals surface area contributed by atoms with Crippen molar-refractivity contribution in [3.05, 3.63) is 30.2 Å². The van der Waals surface area contributed by atoms with Gasteiger partial charge in [-0.3, -0.25) is 4.40 Å². The van der Waals surface area contributed by atoms with Crippen LogP contribution < -0.4 is 0 Å². The molecule has 0 bridgehead atoms. The molecule has 1 aliphatic heterocycles. The third kappa shape index (κ3) is 1.78. The highest BCUT2D eigenvalue weighted by Crippen LogP contribution is 2.28. The fraction of sp³-hybridized carbons (Fsp3) is 0.462.